The van der Waals surface area contributed by atoms with Crippen molar-refractivity contribution in [3.05, 3.63) is 0 Å². The van der Waals surface area contributed by atoms with Gasteiger partial charge in [-0.25, -0.2) is 9.36 Å². The normalized spacial score (nSPS) is 24.6. The molecule has 0 saturated carbocycles. The topological polar surface area (TPSA) is 247 Å². The van der Waals surface area contributed by atoms with Crippen LogP contribution >= 0.6 is 7.82 Å². The lowest BCUT2D eigenvalue weighted by molar-refractivity contribution is -0.356. The third-order valence-electron chi connectivity index (χ3n) is 16.8. The van der Waals surface area contributed by atoms with Gasteiger partial charge in [0.15, 0.2) is 12.6 Å². The van der Waals surface area contributed by atoms with Gasteiger partial charge in [-0.3, -0.25) is 9.32 Å². The van der Waals surface area contributed by atoms with Crippen molar-refractivity contribution in [2.75, 3.05) is 47.2 Å². The average Bonchev–Trinajstić information content (AvgIpc) is 1.02. The molecule has 2 aliphatic rings. The number of aliphatic carboxylic acids is 1. The fourth-order valence-corrected chi connectivity index (χ4v) is 12.2. The zero-order chi connectivity index (χ0) is 65.4. The van der Waals surface area contributed by atoms with Crippen molar-refractivity contribution in [2.45, 2.75) is 364 Å². The number of ether oxygens (including phenoxy) is 8. The second kappa shape index (κ2) is 52.7. The molecule has 2 saturated heterocycles. The molecule has 87 heavy (non-hydrogen) atoms. The Labute approximate surface area is 530 Å². The lowest BCUT2D eigenvalue weighted by Crippen LogP contribution is -2.69. The zero-order valence-electron chi connectivity index (χ0n) is 57.3. The van der Waals surface area contributed by atoms with E-state index in [9.17, 15) is 40.6 Å². The molecule has 6 N–H and O–H groups in total. The first-order valence-corrected chi connectivity index (χ1v) is 36.3. The zero-order valence-corrected chi connectivity index (χ0v) is 56.2. The predicted octanol–water partition coefficient (Wildman–Crippen LogP) is 14.5. The van der Waals surface area contributed by atoms with E-state index in [2.05, 4.69) is 44.9 Å². The van der Waals surface area contributed by atoms with E-state index in [1.54, 1.807) is 7.11 Å². The molecule has 0 spiro atoms. The molecule has 18 nitrogen and oxygen atoms in total. The summed E-state index contributed by atoms with van der Waals surface area (Å²) in [4.78, 5) is 47.1. The Bertz CT molecular complexity index is 1850. The summed E-state index contributed by atoms with van der Waals surface area (Å²) in [6.07, 6.45) is 24.8. The highest BCUT2D eigenvalue weighted by atomic mass is 31.2. The van der Waals surface area contributed by atoms with Crippen LogP contribution in [-0.4, -0.2) is 151 Å². The van der Waals surface area contributed by atoms with Crippen molar-refractivity contribution in [1.82, 2.24) is 5.32 Å². The molecule has 19 heteroatoms. The molecule has 2 heterocycles. The Hall–Kier alpha value is -1.79. The number of hydrogen-bond donors (Lipinski definition) is 6. The number of carboxylic acid groups (broad SMARTS) is 1. The van der Waals surface area contributed by atoms with Gasteiger partial charge in [0.1, 0.15) is 54.9 Å². The first kappa shape index (κ1) is 77.7. The molecule has 0 aromatic carbocycles. The van der Waals surface area contributed by atoms with Crippen LogP contribution in [0.3, 0.4) is 0 Å². The van der Waals surface area contributed by atoms with Crippen LogP contribution in [0, 0.1) is 11.8 Å². The van der Waals surface area contributed by atoms with E-state index in [0.29, 0.717) is 25.7 Å². The number of phosphoric acid groups is 1. The van der Waals surface area contributed by atoms with Crippen LogP contribution in [0.15, 0.2) is 0 Å². The van der Waals surface area contributed by atoms with Gasteiger partial charge >= 0.3 is 13.8 Å². The first-order chi connectivity index (χ1) is 43.0. The van der Waals surface area contributed by atoms with Crippen molar-refractivity contribution in [3.8, 4) is 11.8 Å². The van der Waals surface area contributed by atoms with E-state index >= 15 is 0 Å². The van der Waals surface area contributed by atoms with Crippen molar-refractivity contribution in [3.63, 3.8) is 0 Å². The van der Waals surface area contributed by atoms with Gasteiger partial charge in [0, 0.05) is 48.0 Å². The lowest BCUT2D eigenvalue weighted by Gasteiger charge is -2.50. The molecule has 0 radical (unpaired) electrons. The monoisotopic (exact) mass is 1260 g/mol. The highest BCUT2D eigenvalue weighted by molar-refractivity contribution is 7.46. The van der Waals surface area contributed by atoms with E-state index in [1.165, 1.54) is 64.9 Å². The summed E-state index contributed by atoms with van der Waals surface area (Å²) in [6.45, 7) is 5.72. The molecule has 3 unspecified atom stereocenters. The Morgan fingerprint density at radius 1 is 0.598 bits per heavy atom. The SMILES string of the molecule is [2H]C(CCCCCCCCCCC)O[C@H]1[C@H](O)[C@@H](CO[C@@H]2O[C@H](COC)[C@@H](OP(=O)(O)O)[C@H](OCC[C@@H](CCCCCCC)OC)[C@H]2NC(=O)CCCCCCCCCC#CCCCCCC)OC(OCC(=O)O)[C@@]1(O)C([2H])CCCCCCCCCCC. The average molecular weight is 1260 g/mol. The smallest absolute Gasteiger partial charge is 0.470 e. The maximum atomic E-state index is 14.2. The maximum absolute atomic E-state index is 14.2. The van der Waals surface area contributed by atoms with Crippen LogP contribution in [0.1, 0.15) is 300 Å². The second-order valence-corrected chi connectivity index (χ2v) is 25.8. The highest BCUT2D eigenvalue weighted by Gasteiger charge is 2.57. The minimum atomic E-state index is -5.26. The van der Waals surface area contributed by atoms with E-state index in [-0.39, 0.29) is 38.6 Å². The van der Waals surface area contributed by atoms with Crippen LogP contribution < -0.4 is 5.32 Å². The van der Waals surface area contributed by atoms with E-state index in [0.717, 1.165) is 161 Å². The Balaban J connectivity index is 2.51. The van der Waals surface area contributed by atoms with Gasteiger partial charge in [-0.05, 0) is 44.9 Å². The van der Waals surface area contributed by atoms with Gasteiger partial charge in [0.25, 0.3) is 0 Å². The van der Waals surface area contributed by atoms with Crippen LogP contribution in [0.25, 0.3) is 0 Å². The molecule has 2 rings (SSSR count). The quantitative estimate of drug-likeness (QED) is 0.0188. The van der Waals surface area contributed by atoms with Crippen molar-refractivity contribution < 1.29 is 84.4 Å². The number of carbonyl (C=O) groups is 2. The van der Waals surface area contributed by atoms with Gasteiger partial charge in [-0.15, -0.1) is 11.8 Å². The number of nitrogens with one attached hydrogen (secondary N) is 1. The van der Waals surface area contributed by atoms with Crippen molar-refractivity contribution in [1.29, 1.82) is 0 Å². The molecular weight excluding hydrogens is 1130 g/mol. The number of unbranched alkanes of at least 4 members (excludes halogenated alkanes) is 31. The number of carbonyl (C=O) groups excluding carboxylic acids is 1. The van der Waals surface area contributed by atoms with Crippen LogP contribution in [-0.2, 0) is 56.6 Å². The minimum absolute atomic E-state index is 0.0227. The second-order valence-electron chi connectivity index (χ2n) is 24.6. The van der Waals surface area contributed by atoms with Gasteiger partial charge in [-0.2, -0.15) is 0 Å². The number of amides is 1. The molecule has 0 aromatic rings. The lowest BCUT2D eigenvalue weighted by atomic mass is 9.82. The Morgan fingerprint density at radius 2 is 1.09 bits per heavy atom. The number of phosphoric ester groups is 1. The fraction of sp³-hybridized carbons (Fsp3) is 0.941. The molecule has 13 atom stereocenters. The van der Waals surface area contributed by atoms with E-state index in [4.69, 9.17) is 43.8 Å². The standard InChI is InChI=1S/C68H128NO17P/c1-7-11-15-19-22-25-28-29-30-31-32-33-36-40-44-48-59(70)69-61-64(80-52-49-56(79-6)47-43-39-18-14-10-4)63(86-87(75,76)77)58(53-78-5)84-66(61)82-54-57-62(73)65(81-51-46-42-38-35-27-24-21-17-13-9-3)68(74,67(85-57)83-55-60(71)72)50-45-41-37-34-26-23-20-16-12-8-2/h56-58,61-67,73-74H,7-24,26-27,29-55H2,1-6H3,(H,69,70)(H,71,72)(H2,75,76,77)/t56-,57-,58-,61-,62-,63-,64-,65+,66-,67?,68-/m1/s1/i50D,51D/t50?,51?,56-,57-,58-,61-,62-,63-,64-,65+,66-,67?,68-. The third kappa shape index (κ3) is 38.1. The van der Waals surface area contributed by atoms with Crippen molar-refractivity contribution in [2.24, 2.45) is 0 Å². The highest BCUT2D eigenvalue weighted by Crippen LogP contribution is 2.43. The molecule has 0 aliphatic carbocycles. The van der Waals surface area contributed by atoms with Crippen LogP contribution in [0.2, 0.25) is 0 Å². The molecule has 0 bridgehead atoms. The molecule has 0 aromatic heterocycles. The van der Waals surface area contributed by atoms with Crippen LogP contribution in [0.4, 0.5) is 0 Å². The number of hydrogen-bond acceptors (Lipinski definition) is 14. The van der Waals surface area contributed by atoms with Gasteiger partial charge in [0.05, 0.1) is 20.7 Å². The number of rotatable bonds is 58. The van der Waals surface area contributed by atoms with Gasteiger partial charge < -0.3 is 68.3 Å². The predicted molar refractivity (Wildman–Crippen MR) is 343 cm³/mol. The molecule has 2 aliphatic heterocycles. The largest absolute Gasteiger partial charge is 0.480 e. The summed E-state index contributed by atoms with van der Waals surface area (Å²) >= 11 is 0. The summed E-state index contributed by atoms with van der Waals surface area (Å²) in [6, 6.07) is -1.30. The first-order valence-electron chi connectivity index (χ1n) is 35.9. The summed E-state index contributed by atoms with van der Waals surface area (Å²) < 4.78 is 86.3. The fourth-order valence-electron chi connectivity index (χ4n) is 11.6. The summed E-state index contributed by atoms with van der Waals surface area (Å²) in [5.74, 6) is 4.83. The molecular formula is C68H128NO17P. The van der Waals surface area contributed by atoms with Gasteiger partial charge in [0.2, 0.25) is 5.91 Å². The number of methoxy groups -OCH3 is 2. The molecule has 2 fully saturated rings. The maximum Gasteiger partial charge on any atom is 0.470 e. The van der Waals surface area contributed by atoms with Crippen molar-refractivity contribution >= 4 is 19.7 Å². The number of aliphatic hydroxyl groups is 2. The minimum Gasteiger partial charge on any atom is -0.480 e. The number of aliphatic hydroxyl groups excluding tert-OH is 1. The molecule has 512 valence electrons. The number of carboxylic acids is 1. The van der Waals surface area contributed by atoms with Crippen LogP contribution in [0.5, 0.6) is 0 Å². The Morgan fingerprint density at radius 3 is 1.61 bits per heavy atom. The van der Waals surface area contributed by atoms with Gasteiger partial charge in [-0.1, -0.05) is 233 Å². The third-order valence-corrected chi connectivity index (χ3v) is 17.3. The molecule has 1 amide bonds. The summed E-state index contributed by atoms with van der Waals surface area (Å²) in [5, 5.41) is 38.2. The van der Waals surface area contributed by atoms with E-state index in [1.807, 2.05) is 0 Å². The Kier molecular flexibility index (Phi) is 47.0. The summed E-state index contributed by atoms with van der Waals surface area (Å²) in [7, 11) is -2.26. The summed E-state index contributed by atoms with van der Waals surface area (Å²) in [5.41, 5.74) is -2.46. The van der Waals surface area contributed by atoms with E-state index < -0.39 is 107 Å².